The molecule has 1 aromatic heterocycles. The number of amides is 1. The number of nitrogens with zero attached hydrogens (tertiary/aromatic N) is 3. The second kappa shape index (κ2) is 8.33. The number of aromatic amines is 1. The molecule has 0 radical (unpaired) electrons. The van der Waals surface area contributed by atoms with Crippen LogP contribution in [0.5, 0.6) is 0 Å². The van der Waals surface area contributed by atoms with Gasteiger partial charge in [0, 0.05) is 38.4 Å². The van der Waals surface area contributed by atoms with Crippen LogP contribution in [-0.2, 0) is 6.54 Å². The van der Waals surface area contributed by atoms with Gasteiger partial charge in [0.25, 0.3) is 5.91 Å². The van der Waals surface area contributed by atoms with Crippen molar-refractivity contribution in [3.63, 3.8) is 0 Å². The SMILES string of the molecule is CC(C)c1[nH]nc(C(=O)Nc2cccc(CN3CCN(C)CC3)c2)c1Br. The van der Waals surface area contributed by atoms with Gasteiger partial charge in [0.05, 0.1) is 10.2 Å². The highest BCUT2D eigenvalue weighted by Gasteiger charge is 2.19. The Morgan fingerprint density at radius 2 is 2.04 bits per heavy atom. The summed E-state index contributed by atoms with van der Waals surface area (Å²) in [7, 11) is 2.16. The van der Waals surface area contributed by atoms with E-state index in [1.807, 2.05) is 18.2 Å². The van der Waals surface area contributed by atoms with Crippen molar-refractivity contribution >= 4 is 27.5 Å². The van der Waals surface area contributed by atoms with Gasteiger partial charge in [0.15, 0.2) is 5.69 Å². The first kappa shape index (κ1) is 19.1. The standard InChI is InChI=1S/C19H26BrN5O/c1-13(2)17-16(20)18(23-22-17)19(26)21-15-6-4-5-14(11-15)12-25-9-7-24(3)8-10-25/h4-6,11,13H,7-10,12H2,1-3H3,(H,21,26)(H,22,23). The molecule has 26 heavy (non-hydrogen) atoms. The van der Waals surface area contributed by atoms with E-state index in [2.05, 4.69) is 68.2 Å². The maximum absolute atomic E-state index is 12.6. The van der Waals surface area contributed by atoms with Gasteiger partial charge < -0.3 is 10.2 Å². The van der Waals surface area contributed by atoms with Crippen molar-refractivity contribution in [1.29, 1.82) is 0 Å². The molecule has 0 saturated carbocycles. The fraction of sp³-hybridized carbons (Fsp3) is 0.474. The third-order valence-electron chi connectivity index (χ3n) is 4.71. The Hall–Kier alpha value is -1.70. The van der Waals surface area contributed by atoms with Crippen molar-refractivity contribution in [2.45, 2.75) is 26.3 Å². The summed E-state index contributed by atoms with van der Waals surface area (Å²) in [6.07, 6.45) is 0. The summed E-state index contributed by atoms with van der Waals surface area (Å²) >= 11 is 3.49. The summed E-state index contributed by atoms with van der Waals surface area (Å²) in [6.45, 7) is 9.37. The smallest absolute Gasteiger partial charge is 0.277 e. The Balaban J connectivity index is 1.66. The molecule has 140 valence electrons. The number of aromatic nitrogens is 2. The predicted octanol–water partition coefficient (Wildman–Crippen LogP) is 3.30. The maximum atomic E-state index is 12.6. The van der Waals surface area contributed by atoms with Crippen LogP contribution >= 0.6 is 15.9 Å². The molecule has 1 aliphatic rings. The van der Waals surface area contributed by atoms with Gasteiger partial charge in [0.2, 0.25) is 0 Å². The van der Waals surface area contributed by atoms with Crippen LogP contribution in [0.15, 0.2) is 28.7 Å². The summed E-state index contributed by atoms with van der Waals surface area (Å²) in [5.41, 5.74) is 3.32. The zero-order chi connectivity index (χ0) is 18.7. The van der Waals surface area contributed by atoms with Crippen LogP contribution in [0, 0.1) is 0 Å². The molecule has 2 N–H and O–H groups in total. The molecule has 1 fully saturated rings. The van der Waals surface area contributed by atoms with E-state index >= 15 is 0 Å². The lowest BCUT2D eigenvalue weighted by atomic mass is 10.1. The fourth-order valence-corrected chi connectivity index (χ4v) is 3.89. The van der Waals surface area contributed by atoms with Gasteiger partial charge in [-0.2, -0.15) is 5.10 Å². The number of anilines is 1. The second-order valence-corrected chi connectivity index (χ2v) is 7.98. The number of carbonyl (C=O) groups excluding carboxylic acids is 1. The van der Waals surface area contributed by atoms with Gasteiger partial charge in [-0.3, -0.25) is 14.8 Å². The van der Waals surface area contributed by atoms with E-state index < -0.39 is 0 Å². The molecule has 6 nitrogen and oxygen atoms in total. The summed E-state index contributed by atoms with van der Waals surface area (Å²) < 4.78 is 0.735. The molecule has 1 aliphatic heterocycles. The summed E-state index contributed by atoms with van der Waals surface area (Å²) in [5.74, 6) is 0.0575. The summed E-state index contributed by atoms with van der Waals surface area (Å²) in [6, 6.07) is 8.05. The molecule has 7 heteroatoms. The van der Waals surface area contributed by atoms with E-state index in [0.717, 1.165) is 48.6 Å². The van der Waals surface area contributed by atoms with Gasteiger partial charge in [-0.05, 0) is 46.6 Å². The average molecular weight is 420 g/mol. The van der Waals surface area contributed by atoms with E-state index in [0.29, 0.717) is 5.69 Å². The number of carbonyl (C=O) groups is 1. The van der Waals surface area contributed by atoms with Crippen molar-refractivity contribution in [1.82, 2.24) is 20.0 Å². The Morgan fingerprint density at radius 1 is 1.31 bits per heavy atom. The second-order valence-electron chi connectivity index (χ2n) is 7.19. The topological polar surface area (TPSA) is 64.3 Å². The number of H-pyrrole nitrogens is 1. The zero-order valence-electron chi connectivity index (χ0n) is 15.6. The summed E-state index contributed by atoms with van der Waals surface area (Å²) in [4.78, 5) is 17.4. The molecule has 2 aromatic rings. The Kier molecular flexibility index (Phi) is 6.11. The quantitative estimate of drug-likeness (QED) is 0.779. The highest BCUT2D eigenvalue weighted by atomic mass is 79.9. The van der Waals surface area contributed by atoms with E-state index in [4.69, 9.17) is 0 Å². The number of rotatable bonds is 5. The third-order valence-corrected chi connectivity index (χ3v) is 5.51. The molecule has 1 amide bonds. The molecule has 1 aromatic carbocycles. The Bertz CT molecular complexity index is 765. The lowest BCUT2D eigenvalue weighted by Gasteiger charge is -2.32. The Labute approximate surface area is 163 Å². The first-order valence-electron chi connectivity index (χ1n) is 8.99. The van der Waals surface area contributed by atoms with Crippen LogP contribution < -0.4 is 5.32 Å². The zero-order valence-corrected chi connectivity index (χ0v) is 17.1. The van der Waals surface area contributed by atoms with Gasteiger partial charge in [0.1, 0.15) is 0 Å². The fourth-order valence-electron chi connectivity index (χ4n) is 3.08. The molecule has 0 spiro atoms. The molecular weight excluding hydrogens is 394 g/mol. The highest BCUT2D eigenvalue weighted by molar-refractivity contribution is 9.10. The first-order valence-corrected chi connectivity index (χ1v) is 9.78. The predicted molar refractivity (Wildman–Crippen MR) is 108 cm³/mol. The van der Waals surface area contributed by atoms with Gasteiger partial charge in [-0.25, -0.2) is 0 Å². The van der Waals surface area contributed by atoms with Crippen LogP contribution in [0.4, 0.5) is 5.69 Å². The number of benzene rings is 1. The van der Waals surface area contributed by atoms with Gasteiger partial charge in [-0.15, -0.1) is 0 Å². The first-order chi connectivity index (χ1) is 12.4. The monoisotopic (exact) mass is 419 g/mol. The molecule has 0 aliphatic carbocycles. The van der Waals surface area contributed by atoms with Crippen LogP contribution in [-0.4, -0.2) is 59.1 Å². The number of hydrogen-bond acceptors (Lipinski definition) is 4. The molecule has 0 bridgehead atoms. The molecular formula is C19H26BrN5O. The van der Waals surface area contributed by atoms with Crippen LogP contribution in [0.3, 0.4) is 0 Å². The van der Waals surface area contributed by atoms with Crippen molar-refractivity contribution in [2.24, 2.45) is 0 Å². The van der Waals surface area contributed by atoms with E-state index in [-0.39, 0.29) is 11.8 Å². The Morgan fingerprint density at radius 3 is 2.69 bits per heavy atom. The minimum Gasteiger partial charge on any atom is -0.321 e. The number of likely N-dealkylation sites (N-methyl/N-ethyl adjacent to an activating group) is 1. The van der Waals surface area contributed by atoms with Gasteiger partial charge in [-0.1, -0.05) is 26.0 Å². The minimum absolute atomic E-state index is 0.211. The highest BCUT2D eigenvalue weighted by Crippen LogP contribution is 2.26. The summed E-state index contributed by atoms with van der Waals surface area (Å²) in [5, 5.41) is 10.1. The molecule has 0 atom stereocenters. The van der Waals surface area contributed by atoms with Crippen molar-refractivity contribution in [2.75, 3.05) is 38.5 Å². The number of hydrogen-bond donors (Lipinski definition) is 2. The normalized spacial score (nSPS) is 16.2. The van der Waals surface area contributed by atoms with Crippen LogP contribution in [0.2, 0.25) is 0 Å². The number of nitrogens with one attached hydrogen (secondary N) is 2. The lowest BCUT2D eigenvalue weighted by Crippen LogP contribution is -2.43. The largest absolute Gasteiger partial charge is 0.321 e. The number of halogens is 1. The van der Waals surface area contributed by atoms with E-state index in [9.17, 15) is 4.79 Å². The van der Waals surface area contributed by atoms with E-state index in [1.54, 1.807) is 0 Å². The van der Waals surface area contributed by atoms with Crippen molar-refractivity contribution in [3.05, 3.63) is 45.7 Å². The lowest BCUT2D eigenvalue weighted by molar-refractivity contribution is 0.102. The maximum Gasteiger partial charge on any atom is 0.277 e. The van der Waals surface area contributed by atoms with Crippen molar-refractivity contribution < 1.29 is 4.79 Å². The molecule has 0 unspecified atom stereocenters. The van der Waals surface area contributed by atoms with E-state index in [1.165, 1.54) is 5.56 Å². The molecule has 3 rings (SSSR count). The number of piperazine rings is 1. The van der Waals surface area contributed by atoms with Crippen molar-refractivity contribution in [3.8, 4) is 0 Å². The minimum atomic E-state index is -0.211. The van der Waals surface area contributed by atoms with Crippen LogP contribution in [0.1, 0.15) is 41.5 Å². The van der Waals surface area contributed by atoms with Crippen LogP contribution in [0.25, 0.3) is 0 Å². The van der Waals surface area contributed by atoms with Gasteiger partial charge >= 0.3 is 0 Å². The third kappa shape index (κ3) is 4.52. The average Bonchev–Trinajstić information content (AvgIpc) is 2.99. The molecule has 1 saturated heterocycles. The molecule has 2 heterocycles.